The lowest BCUT2D eigenvalue weighted by Gasteiger charge is -2.32. The molecular formula is C18H26N2O5. The minimum absolute atomic E-state index is 0.299. The van der Waals surface area contributed by atoms with Crippen molar-refractivity contribution < 1.29 is 23.8 Å². The molecule has 1 aromatic heterocycles. The first-order valence-corrected chi connectivity index (χ1v) is 8.25. The number of hydrogen-bond acceptors (Lipinski definition) is 6. The number of carbonyl (C=O) groups excluding carboxylic acids is 2. The molecule has 1 amide bonds. The molecule has 0 N–H and O–H groups in total. The standard InChI is InChI=1S/C18H26N2O5/c1-11-12(15(21)24-17(2,3)4)10-19-14-13(11)20(8-9-23-14)16(22)25-18(5,6)7/h10H,8-9H2,1-7H3. The van der Waals surface area contributed by atoms with E-state index in [9.17, 15) is 9.59 Å². The lowest BCUT2D eigenvalue weighted by Crippen LogP contribution is -2.42. The normalized spacial score (nSPS) is 14.4. The largest absolute Gasteiger partial charge is 0.474 e. The molecular weight excluding hydrogens is 324 g/mol. The summed E-state index contributed by atoms with van der Waals surface area (Å²) in [5.41, 5.74) is 0.0712. The van der Waals surface area contributed by atoms with Crippen molar-refractivity contribution in [1.29, 1.82) is 0 Å². The van der Waals surface area contributed by atoms with Gasteiger partial charge in [-0.15, -0.1) is 0 Å². The van der Waals surface area contributed by atoms with Gasteiger partial charge in [0.1, 0.15) is 23.5 Å². The van der Waals surface area contributed by atoms with Crippen molar-refractivity contribution >= 4 is 17.7 Å². The van der Waals surface area contributed by atoms with Gasteiger partial charge >= 0.3 is 12.1 Å². The van der Waals surface area contributed by atoms with Crippen LogP contribution in [0.2, 0.25) is 0 Å². The molecule has 0 saturated heterocycles. The number of fused-ring (bicyclic) bond motifs is 1. The van der Waals surface area contributed by atoms with Crippen LogP contribution in [0.15, 0.2) is 6.20 Å². The Morgan fingerprint density at radius 1 is 1.12 bits per heavy atom. The van der Waals surface area contributed by atoms with E-state index in [1.54, 1.807) is 48.5 Å². The number of carbonyl (C=O) groups is 2. The number of anilines is 1. The van der Waals surface area contributed by atoms with Crippen molar-refractivity contribution in [2.24, 2.45) is 0 Å². The molecule has 0 saturated carbocycles. The summed E-state index contributed by atoms with van der Waals surface area (Å²) in [6.07, 6.45) is 0.921. The van der Waals surface area contributed by atoms with Crippen molar-refractivity contribution in [3.05, 3.63) is 17.3 Å². The highest BCUT2D eigenvalue weighted by Gasteiger charge is 2.33. The fourth-order valence-electron chi connectivity index (χ4n) is 2.38. The molecule has 0 aliphatic carbocycles. The SMILES string of the molecule is Cc1c(C(=O)OC(C)(C)C)cnc2c1N(C(=O)OC(C)(C)C)CCO2. The summed E-state index contributed by atoms with van der Waals surface area (Å²) in [4.78, 5) is 30.6. The number of rotatable bonds is 1. The lowest BCUT2D eigenvalue weighted by molar-refractivity contribution is 0.00676. The number of hydrogen-bond donors (Lipinski definition) is 0. The van der Waals surface area contributed by atoms with Gasteiger partial charge in [-0.05, 0) is 54.0 Å². The molecule has 2 rings (SSSR count). The first-order chi connectivity index (χ1) is 11.4. The number of ether oxygens (including phenoxy) is 3. The fourth-order valence-corrected chi connectivity index (χ4v) is 2.38. The van der Waals surface area contributed by atoms with Crippen LogP contribution in [0, 0.1) is 6.92 Å². The molecule has 0 bridgehead atoms. The van der Waals surface area contributed by atoms with E-state index in [2.05, 4.69) is 4.98 Å². The Labute approximate surface area is 148 Å². The molecule has 138 valence electrons. The predicted octanol–water partition coefficient (Wildman–Crippen LogP) is 3.48. The fraction of sp³-hybridized carbons (Fsp3) is 0.611. The number of amides is 1. The average Bonchev–Trinajstić information content (AvgIpc) is 2.43. The molecule has 2 heterocycles. The summed E-state index contributed by atoms with van der Waals surface area (Å²) in [7, 11) is 0. The van der Waals surface area contributed by atoms with Crippen LogP contribution in [0.25, 0.3) is 0 Å². The number of nitrogens with zero attached hydrogens (tertiary/aromatic N) is 2. The van der Waals surface area contributed by atoms with Gasteiger partial charge in [0.15, 0.2) is 0 Å². The number of aromatic nitrogens is 1. The van der Waals surface area contributed by atoms with Crippen LogP contribution < -0.4 is 9.64 Å². The van der Waals surface area contributed by atoms with Gasteiger partial charge in [-0.1, -0.05) is 0 Å². The molecule has 0 unspecified atom stereocenters. The second-order valence-electron chi connectivity index (χ2n) is 7.93. The zero-order valence-corrected chi connectivity index (χ0v) is 15.9. The molecule has 7 heteroatoms. The Morgan fingerprint density at radius 2 is 1.72 bits per heavy atom. The average molecular weight is 350 g/mol. The van der Waals surface area contributed by atoms with E-state index in [-0.39, 0.29) is 0 Å². The van der Waals surface area contributed by atoms with Crippen molar-refractivity contribution in [3.8, 4) is 5.88 Å². The van der Waals surface area contributed by atoms with Crippen LogP contribution in [-0.2, 0) is 9.47 Å². The number of esters is 1. The predicted molar refractivity (Wildman–Crippen MR) is 93.2 cm³/mol. The number of pyridine rings is 1. The molecule has 0 spiro atoms. The maximum absolute atomic E-state index is 12.5. The van der Waals surface area contributed by atoms with Gasteiger partial charge in [0, 0.05) is 6.20 Å². The summed E-state index contributed by atoms with van der Waals surface area (Å²) >= 11 is 0. The van der Waals surface area contributed by atoms with E-state index in [0.717, 1.165) is 0 Å². The molecule has 1 aliphatic rings. The molecule has 1 aliphatic heterocycles. The van der Waals surface area contributed by atoms with Crippen LogP contribution >= 0.6 is 0 Å². The maximum atomic E-state index is 12.5. The third-order valence-electron chi connectivity index (χ3n) is 3.33. The first-order valence-electron chi connectivity index (χ1n) is 8.25. The molecule has 0 aromatic carbocycles. The van der Waals surface area contributed by atoms with E-state index >= 15 is 0 Å². The van der Waals surface area contributed by atoms with Gasteiger partial charge in [-0.25, -0.2) is 14.6 Å². The van der Waals surface area contributed by atoms with Crippen LogP contribution in [0.1, 0.15) is 57.5 Å². The van der Waals surface area contributed by atoms with Crippen molar-refractivity contribution in [2.75, 3.05) is 18.1 Å². The zero-order valence-electron chi connectivity index (χ0n) is 15.9. The van der Waals surface area contributed by atoms with E-state index in [0.29, 0.717) is 35.8 Å². The second kappa shape index (κ2) is 6.54. The van der Waals surface area contributed by atoms with Gasteiger partial charge in [-0.2, -0.15) is 0 Å². The molecule has 7 nitrogen and oxygen atoms in total. The molecule has 1 aromatic rings. The van der Waals surface area contributed by atoms with Crippen molar-refractivity contribution in [3.63, 3.8) is 0 Å². The topological polar surface area (TPSA) is 78.0 Å². The van der Waals surface area contributed by atoms with Crippen LogP contribution in [0.5, 0.6) is 5.88 Å². The zero-order chi connectivity index (χ0) is 19.0. The Bertz CT molecular complexity index is 686. The minimum atomic E-state index is -0.625. The lowest BCUT2D eigenvalue weighted by atomic mass is 10.1. The van der Waals surface area contributed by atoms with Gasteiger partial charge in [0.25, 0.3) is 0 Å². The Morgan fingerprint density at radius 3 is 2.28 bits per heavy atom. The smallest absolute Gasteiger partial charge is 0.415 e. The highest BCUT2D eigenvalue weighted by atomic mass is 16.6. The minimum Gasteiger partial charge on any atom is -0.474 e. The van der Waals surface area contributed by atoms with Gasteiger partial charge < -0.3 is 14.2 Å². The van der Waals surface area contributed by atoms with Crippen LogP contribution in [-0.4, -0.2) is 41.4 Å². The Kier molecular flexibility index (Phi) is 4.97. The monoisotopic (exact) mass is 350 g/mol. The molecule has 25 heavy (non-hydrogen) atoms. The van der Waals surface area contributed by atoms with Crippen LogP contribution in [0.4, 0.5) is 10.5 Å². The third-order valence-corrected chi connectivity index (χ3v) is 3.33. The summed E-state index contributed by atoms with van der Waals surface area (Å²) in [6, 6.07) is 0. The second-order valence-corrected chi connectivity index (χ2v) is 7.93. The summed E-state index contributed by atoms with van der Waals surface area (Å²) in [5.74, 6) is -0.183. The highest BCUT2D eigenvalue weighted by molar-refractivity contribution is 5.97. The Hall–Kier alpha value is -2.31. The summed E-state index contributed by atoms with van der Waals surface area (Å²) < 4.78 is 16.4. The highest BCUT2D eigenvalue weighted by Crippen LogP contribution is 2.36. The van der Waals surface area contributed by atoms with Crippen LogP contribution in [0.3, 0.4) is 0 Å². The third kappa shape index (κ3) is 4.61. The van der Waals surface area contributed by atoms with Gasteiger partial charge in [-0.3, -0.25) is 4.90 Å². The summed E-state index contributed by atoms with van der Waals surface area (Å²) in [6.45, 7) is 13.2. The molecule has 0 radical (unpaired) electrons. The van der Waals surface area contributed by atoms with Gasteiger partial charge in [0.05, 0.1) is 12.1 Å². The van der Waals surface area contributed by atoms with Crippen molar-refractivity contribution in [1.82, 2.24) is 4.98 Å². The van der Waals surface area contributed by atoms with E-state index < -0.39 is 23.3 Å². The van der Waals surface area contributed by atoms with Crippen molar-refractivity contribution in [2.45, 2.75) is 59.7 Å². The van der Waals surface area contributed by atoms with Gasteiger partial charge in [0.2, 0.25) is 5.88 Å². The van der Waals surface area contributed by atoms with E-state index in [1.807, 2.05) is 0 Å². The summed E-state index contributed by atoms with van der Waals surface area (Å²) in [5, 5.41) is 0. The Balaban J connectivity index is 2.41. The quantitative estimate of drug-likeness (QED) is 0.722. The molecule has 0 atom stereocenters. The van der Waals surface area contributed by atoms with E-state index in [4.69, 9.17) is 14.2 Å². The molecule has 0 fully saturated rings. The maximum Gasteiger partial charge on any atom is 0.415 e. The first kappa shape index (κ1) is 19.0. The van der Waals surface area contributed by atoms with E-state index in [1.165, 1.54) is 11.1 Å².